The molecule has 4 bridgehead atoms. The summed E-state index contributed by atoms with van der Waals surface area (Å²) in [4.78, 5) is 18.8. The molecule has 1 amide bonds. The van der Waals surface area contributed by atoms with Gasteiger partial charge in [-0.15, -0.1) is 0 Å². The molecule has 2 heterocycles. The number of nitrogens with one attached hydrogen (secondary N) is 1. The monoisotopic (exact) mass is 369 g/mol. The summed E-state index contributed by atoms with van der Waals surface area (Å²) in [5, 5.41) is 17.1. The number of amides is 1. The molecule has 1 aromatic heterocycles. The van der Waals surface area contributed by atoms with E-state index in [9.17, 15) is 10.1 Å². The van der Waals surface area contributed by atoms with Crippen LogP contribution in [0, 0.1) is 28.6 Å². The summed E-state index contributed by atoms with van der Waals surface area (Å²) in [6, 6.07) is 2.04. The standard InChI is InChI=1S/C20H27N5O2/c21-10-16-4-2-6-25(16)18(26)11-23-20-8-15-7-14(20)3-1-5-19(15,12-20)9-17-22-13-27-24-17/h13-16,23H,1-9,11-12H2/t14?,15?,16-,19?,20?/m0/s1. The Kier molecular flexibility index (Phi) is 4.01. The lowest BCUT2D eigenvalue weighted by Crippen LogP contribution is -2.53. The third-order valence-corrected chi connectivity index (χ3v) is 7.95. The lowest BCUT2D eigenvalue weighted by Gasteiger charge is -2.41. The number of likely N-dealkylation sites (tertiary alicyclic amines) is 1. The van der Waals surface area contributed by atoms with E-state index < -0.39 is 0 Å². The Hall–Kier alpha value is -1.94. The summed E-state index contributed by atoms with van der Waals surface area (Å²) in [7, 11) is 0. The van der Waals surface area contributed by atoms with Crippen LogP contribution in [0.1, 0.15) is 57.2 Å². The zero-order chi connectivity index (χ0) is 18.5. The van der Waals surface area contributed by atoms with Crippen LogP contribution in [0.4, 0.5) is 0 Å². The Morgan fingerprint density at radius 3 is 3.15 bits per heavy atom. The average Bonchev–Trinajstić information content (AvgIpc) is 3.41. The molecule has 5 atom stereocenters. The Balaban J connectivity index is 1.31. The van der Waals surface area contributed by atoms with E-state index in [-0.39, 0.29) is 22.9 Å². The molecule has 1 aromatic rings. The van der Waals surface area contributed by atoms with Crippen molar-refractivity contribution in [3.05, 3.63) is 12.2 Å². The van der Waals surface area contributed by atoms with E-state index in [1.807, 2.05) is 0 Å². The Bertz CT molecular complexity index is 759. The van der Waals surface area contributed by atoms with Crippen LogP contribution in [0.15, 0.2) is 10.9 Å². The predicted molar refractivity (Wildman–Crippen MR) is 96.2 cm³/mol. The van der Waals surface area contributed by atoms with Gasteiger partial charge in [0.05, 0.1) is 12.6 Å². The van der Waals surface area contributed by atoms with E-state index in [2.05, 4.69) is 21.5 Å². The highest BCUT2D eigenvalue weighted by Crippen LogP contribution is 2.66. The maximum Gasteiger partial charge on any atom is 0.237 e. The summed E-state index contributed by atoms with van der Waals surface area (Å²) in [6.07, 6.45) is 11.3. The third-order valence-electron chi connectivity index (χ3n) is 7.95. The molecule has 1 aliphatic heterocycles. The van der Waals surface area contributed by atoms with Gasteiger partial charge in [0, 0.05) is 18.5 Å². The van der Waals surface area contributed by atoms with Crippen molar-refractivity contribution in [2.24, 2.45) is 17.3 Å². The van der Waals surface area contributed by atoms with Gasteiger partial charge in [-0.25, -0.2) is 0 Å². The van der Waals surface area contributed by atoms with Crippen molar-refractivity contribution in [3.63, 3.8) is 0 Å². The van der Waals surface area contributed by atoms with E-state index in [0.717, 1.165) is 44.5 Å². The second-order valence-corrected chi connectivity index (χ2v) is 9.17. The van der Waals surface area contributed by atoms with Crippen molar-refractivity contribution in [2.45, 2.75) is 69.4 Å². The fourth-order valence-corrected chi connectivity index (χ4v) is 6.81. The fraction of sp³-hybridized carbons (Fsp3) is 0.800. The van der Waals surface area contributed by atoms with Gasteiger partial charge in [0.25, 0.3) is 0 Å². The number of carbonyl (C=O) groups excluding carboxylic acids is 1. The first kappa shape index (κ1) is 17.2. The highest BCUT2D eigenvalue weighted by Gasteiger charge is 2.64. The van der Waals surface area contributed by atoms with E-state index in [1.165, 1.54) is 32.1 Å². The topological polar surface area (TPSA) is 95.1 Å². The SMILES string of the molecule is N#C[C@@H]1CCCN1C(=O)CNC12CC3CC1CCCC3(Cc1ncon1)C2. The molecule has 4 unspecified atom stereocenters. The van der Waals surface area contributed by atoms with Crippen LogP contribution in [-0.4, -0.2) is 45.6 Å². The number of nitriles is 1. The van der Waals surface area contributed by atoms with Crippen molar-refractivity contribution in [3.8, 4) is 6.07 Å². The molecule has 144 valence electrons. The lowest BCUT2D eigenvalue weighted by atomic mass is 9.67. The molecule has 27 heavy (non-hydrogen) atoms. The second kappa shape index (κ2) is 6.30. The van der Waals surface area contributed by atoms with Crippen LogP contribution in [0.25, 0.3) is 0 Å². The highest BCUT2D eigenvalue weighted by atomic mass is 16.5. The van der Waals surface area contributed by atoms with Crippen LogP contribution in [-0.2, 0) is 11.2 Å². The van der Waals surface area contributed by atoms with E-state index >= 15 is 0 Å². The van der Waals surface area contributed by atoms with Crippen molar-refractivity contribution >= 4 is 5.91 Å². The molecule has 5 aliphatic rings. The van der Waals surface area contributed by atoms with Crippen molar-refractivity contribution < 1.29 is 9.32 Å². The molecule has 0 spiro atoms. The number of rotatable bonds is 5. The highest BCUT2D eigenvalue weighted by molar-refractivity contribution is 5.79. The minimum absolute atomic E-state index is 0.0719. The van der Waals surface area contributed by atoms with Gasteiger partial charge in [-0.3, -0.25) is 4.79 Å². The van der Waals surface area contributed by atoms with Crippen LogP contribution >= 0.6 is 0 Å². The Labute approximate surface area is 159 Å². The maximum atomic E-state index is 12.8. The molecule has 0 aromatic carbocycles. The number of hydrogen-bond donors (Lipinski definition) is 1. The molecule has 1 N–H and O–H groups in total. The number of carbonyl (C=O) groups is 1. The van der Waals surface area contributed by atoms with Crippen LogP contribution in [0.3, 0.4) is 0 Å². The van der Waals surface area contributed by atoms with E-state index in [0.29, 0.717) is 18.4 Å². The van der Waals surface area contributed by atoms with E-state index in [4.69, 9.17) is 4.52 Å². The van der Waals surface area contributed by atoms with Crippen LogP contribution in [0.5, 0.6) is 0 Å². The summed E-state index contributed by atoms with van der Waals surface area (Å²) < 4.78 is 4.97. The molecule has 4 saturated carbocycles. The van der Waals surface area contributed by atoms with Gasteiger partial charge in [-0.05, 0) is 62.2 Å². The predicted octanol–water partition coefficient (Wildman–Crippen LogP) is 2.06. The first-order valence-electron chi connectivity index (χ1n) is 10.3. The normalized spacial score (nSPS) is 39.7. The molecule has 5 fully saturated rings. The van der Waals surface area contributed by atoms with Gasteiger partial charge in [0.2, 0.25) is 12.3 Å². The molecular weight excluding hydrogens is 342 g/mol. The van der Waals surface area contributed by atoms with Crippen molar-refractivity contribution in [1.82, 2.24) is 20.4 Å². The first-order chi connectivity index (χ1) is 13.1. The van der Waals surface area contributed by atoms with Crippen molar-refractivity contribution in [1.29, 1.82) is 5.26 Å². The zero-order valence-electron chi connectivity index (χ0n) is 15.7. The van der Waals surface area contributed by atoms with Gasteiger partial charge < -0.3 is 14.7 Å². The molecule has 6 rings (SSSR count). The van der Waals surface area contributed by atoms with E-state index in [1.54, 1.807) is 4.90 Å². The second-order valence-electron chi connectivity index (χ2n) is 9.17. The minimum Gasteiger partial charge on any atom is -0.343 e. The van der Waals surface area contributed by atoms with Gasteiger partial charge in [0.1, 0.15) is 6.04 Å². The molecule has 7 nitrogen and oxygen atoms in total. The van der Waals surface area contributed by atoms with Crippen molar-refractivity contribution in [2.75, 3.05) is 13.1 Å². The summed E-state index contributed by atoms with van der Waals surface area (Å²) in [6.45, 7) is 1.08. The first-order valence-corrected chi connectivity index (χ1v) is 10.3. The number of aromatic nitrogens is 2. The number of nitrogens with zero attached hydrogens (tertiary/aromatic N) is 4. The van der Waals surface area contributed by atoms with Crippen LogP contribution in [0.2, 0.25) is 0 Å². The van der Waals surface area contributed by atoms with Gasteiger partial charge in [-0.2, -0.15) is 10.2 Å². The molecular formula is C20H27N5O2. The lowest BCUT2D eigenvalue weighted by molar-refractivity contribution is -0.130. The summed E-state index contributed by atoms with van der Waals surface area (Å²) in [5.74, 6) is 2.26. The average molecular weight is 369 g/mol. The number of hydrogen-bond acceptors (Lipinski definition) is 6. The maximum absolute atomic E-state index is 12.8. The largest absolute Gasteiger partial charge is 0.343 e. The zero-order valence-corrected chi connectivity index (χ0v) is 15.7. The fourth-order valence-electron chi connectivity index (χ4n) is 6.81. The quantitative estimate of drug-likeness (QED) is 0.853. The number of fused-ring (bicyclic) bond motifs is 2. The molecule has 0 radical (unpaired) electrons. The molecule has 7 heteroatoms. The van der Waals surface area contributed by atoms with Gasteiger partial charge in [-0.1, -0.05) is 11.6 Å². The minimum atomic E-state index is -0.236. The smallest absolute Gasteiger partial charge is 0.237 e. The Morgan fingerprint density at radius 1 is 1.41 bits per heavy atom. The van der Waals surface area contributed by atoms with Gasteiger partial charge >= 0.3 is 0 Å². The van der Waals surface area contributed by atoms with Crippen LogP contribution < -0.4 is 5.32 Å². The van der Waals surface area contributed by atoms with Gasteiger partial charge in [0.15, 0.2) is 5.82 Å². The third kappa shape index (κ3) is 2.68. The molecule has 4 aliphatic carbocycles. The Morgan fingerprint density at radius 2 is 2.33 bits per heavy atom. The summed E-state index contributed by atoms with van der Waals surface area (Å²) in [5.41, 5.74) is 0.318. The summed E-state index contributed by atoms with van der Waals surface area (Å²) >= 11 is 0. The molecule has 1 saturated heterocycles.